The van der Waals surface area contributed by atoms with E-state index in [1.807, 2.05) is 35.1 Å². The van der Waals surface area contributed by atoms with Crippen LogP contribution in [0.2, 0.25) is 51.4 Å². The first-order chi connectivity index (χ1) is 24.8. The molecular weight excluding hydrogens is 689 g/mol. The summed E-state index contributed by atoms with van der Waals surface area (Å²) in [5.74, 6) is 1.32. The summed E-state index contributed by atoms with van der Waals surface area (Å²) in [5, 5.41) is 23.0. The average molecular weight is 743 g/mol. The molecule has 4 aromatic heterocycles. The molecule has 6 rings (SSSR count). The fourth-order valence-corrected chi connectivity index (χ4v) is 7.61. The highest BCUT2D eigenvalue weighted by Gasteiger charge is 2.28. The van der Waals surface area contributed by atoms with E-state index in [2.05, 4.69) is 89.6 Å². The maximum Gasteiger partial charge on any atom is 0.318 e. The third-order valence-corrected chi connectivity index (χ3v) is 12.8. The van der Waals surface area contributed by atoms with Crippen molar-refractivity contribution >= 4 is 33.6 Å². The second-order valence-electron chi connectivity index (χ2n) is 16.2. The minimum absolute atomic E-state index is 0.197. The van der Waals surface area contributed by atoms with Crippen molar-refractivity contribution in [2.45, 2.75) is 83.2 Å². The maximum absolute atomic E-state index is 9.89. The zero-order valence-corrected chi connectivity index (χ0v) is 33.7. The Morgan fingerprint density at radius 2 is 1.56 bits per heavy atom. The number of pyridine rings is 1. The molecule has 1 fully saturated rings. The Hall–Kier alpha value is -3.96. The number of aromatic nitrogens is 6. The van der Waals surface area contributed by atoms with Gasteiger partial charge in [-0.1, -0.05) is 80.8 Å². The van der Waals surface area contributed by atoms with Crippen LogP contribution in [0.5, 0.6) is 0 Å². The predicted molar refractivity (Wildman–Crippen MR) is 211 cm³/mol. The summed E-state index contributed by atoms with van der Waals surface area (Å²) in [5.41, 5.74) is 5.64. The van der Waals surface area contributed by atoms with Crippen LogP contribution in [0, 0.1) is 0 Å². The number of aliphatic hydroxyl groups excluding tert-OH is 1. The lowest BCUT2D eigenvalue weighted by molar-refractivity contribution is 0.0942. The number of hydrogen-bond acceptors (Lipinski definition) is 11. The number of benzene rings is 1. The quantitative estimate of drug-likeness (QED) is 0.0607. The summed E-state index contributed by atoms with van der Waals surface area (Å²) < 4.78 is 20.4. The summed E-state index contributed by atoms with van der Waals surface area (Å²) in [6, 6.07) is 19.1. The second-order valence-corrected chi connectivity index (χ2v) is 27.5. The average Bonchev–Trinajstić information content (AvgIpc) is 3.79. The van der Waals surface area contributed by atoms with Crippen molar-refractivity contribution in [3.05, 3.63) is 72.5 Å². The van der Waals surface area contributed by atoms with Crippen LogP contribution in [-0.2, 0) is 9.47 Å². The van der Waals surface area contributed by atoms with Gasteiger partial charge in [-0.25, -0.2) is 4.98 Å². The molecule has 52 heavy (non-hydrogen) atoms. The van der Waals surface area contributed by atoms with Gasteiger partial charge in [0, 0.05) is 83.0 Å². The van der Waals surface area contributed by atoms with E-state index in [9.17, 15) is 5.11 Å². The van der Waals surface area contributed by atoms with Crippen LogP contribution in [0.1, 0.15) is 43.4 Å². The van der Waals surface area contributed by atoms with E-state index in [0.717, 1.165) is 77.6 Å². The monoisotopic (exact) mass is 742 g/mol. The fourth-order valence-electron chi connectivity index (χ4n) is 6.10. The van der Waals surface area contributed by atoms with Gasteiger partial charge in [-0.15, -0.1) is 5.10 Å². The lowest BCUT2D eigenvalue weighted by Crippen LogP contribution is -2.34. The molecule has 1 unspecified atom stereocenters. The van der Waals surface area contributed by atoms with Crippen LogP contribution in [0.3, 0.4) is 0 Å². The number of anilines is 2. The Balaban J connectivity index is 1.33. The van der Waals surface area contributed by atoms with Crippen molar-refractivity contribution in [3.8, 4) is 22.4 Å². The van der Waals surface area contributed by atoms with Crippen molar-refractivity contribution in [1.82, 2.24) is 29.8 Å². The highest BCUT2D eigenvalue weighted by Crippen LogP contribution is 2.34. The van der Waals surface area contributed by atoms with Gasteiger partial charge in [0.2, 0.25) is 5.89 Å². The van der Waals surface area contributed by atoms with Gasteiger partial charge in [0.15, 0.2) is 5.65 Å². The SMILES string of the molecule is CC(O)c1nnc(N2CCC(c3cc(N(COCC[Si](C)(C)C)COCC[Si](C)(C)C)n4ncc(-c5ccc(-c6ccccc6)nc5)c4n3)CC2)o1. The van der Waals surface area contributed by atoms with Crippen LogP contribution in [-0.4, -0.2) is 90.8 Å². The fraction of sp³-hybridized carbons (Fsp3) is 0.500. The molecule has 1 atom stereocenters. The number of hydrogen-bond donors (Lipinski definition) is 1. The maximum atomic E-state index is 9.89. The van der Waals surface area contributed by atoms with Crippen LogP contribution in [0.4, 0.5) is 11.8 Å². The smallest absolute Gasteiger partial charge is 0.318 e. The third kappa shape index (κ3) is 9.72. The number of nitrogens with zero attached hydrogens (tertiary/aromatic N) is 8. The first-order valence-corrected chi connectivity index (χ1v) is 25.8. The van der Waals surface area contributed by atoms with E-state index in [4.69, 9.17) is 29.0 Å². The zero-order chi connectivity index (χ0) is 36.9. The molecule has 0 radical (unpaired) electrons. The van der Waals surface area contributed by atoms with Gasteiger partial charge in [0.25, 0.3) is 0 Å². The molecule has 0 bridgehead atoms. The third-order valence-electron chi connectivity index (χ3n) is 9.40. The molecule has 1 aliphatic heterocycles. The van der Waals surface area contributed by atoms with E-state index in [1.165, 1.54) is 0 Å². The van der Waals surface area contributed by atoms with Crippen LogP contribution in [0.15, 0.2) is 65.3 Å². The molecule has 5 heterocycles. The van der Waals surface area contributed by atoms with Crippen molar-refractivity contribution in [2.75, 3.05) is 49.6 Å². The topological polar surface area (TPSA) is 127 Å². The Morgan fingerprint density at radius 1 is 0.885 bits per heavy atom. The van der Waals surface area contributed by atoms with Gasteiger partial charge >= 0.3 is 6.01 Å². The predicted octanol–water partition coefficient (Wildman–Crippen LogP) is 7.71. The normalized spacial score (nSPS) is 15.0. The molecule has 0 saturated carbocycles. The summed E-state index contributed by atoms with van der Waals surface area (Å²) in [7, 11) is -2.53. The highest BCUT2D eigenvalue weighted by atomic mass is 28.3. The van der Waals surface area contributed by atoms with E-state index in [0.29, 0.717) is 32.7 Å². The van der Waals surface area contributed by atoms with Crippen LogP contribution >= 0.6 is 0 Å². The van der Waals surface area contributed by atoms with E-state index < -0.39 is 22.3 Å². The zero-order valence-electron chi connectivity index (χ0n) is 31.7. The van der Waals surface area contributed by atoms with Crippen LogP contribution < -0.4 is 9.80 Å². The van der Waals surface area contributed by atoms with E-state index in [-0.39, 0.29) is 11.8 Å². The van der Waals surface area contributed by atoms with Gasteiger partial charge in [0.1, 0.15) is 25.4 Å². The summed E-state index contributed by atoms with van der Waals surface area (Å²) in [4.78, 5) is 14.4. The van der Waals surface area contributed by atoms with Gasteiger partial charge in [-0.2, -0.15) is 9.61 Å². The van der Waals surface area contributed by atoms with Gasteiger partial charge in [-0.05, 0) is 37.9 Å². The number of rotatable bonds is 16. The molecular formula is C38H54N8O4Si2. The molecule has 278 valence electrons. The second kappa shape index (κ2) is 16.4. The van der Waals surface area contributed by atoms with Gasteiger partial charge < -0.3 is 28.8 Å². The molecule has 1 aromatic carbocycles. The largest absolute Gasteiger partial charge is 0.405 e. The minimum atomic E-state index is -1.27. The van der Waals surface area contributed by atoms with Crippen molar-refractivity contribution in [1.29, 1.82) is 0 Å². The Labute approximate surface area is 309 Å². The molecule has 0 amide bonds. The Kier molecular flexibility index (Phi) is 11.9. The number of aliphatic hydroxyl groups is 1. The molecule has 1 saturated heterocycles. The lowest BCUT2D eigenvalue weighted by atomic mass is 9.93. The minimum Gasteiger partial charge on any atom is -0.405 e. The Morgan fingerprint density at radius 3 is 2.13 bits per heavy atom. The van der Waals surface area contributed by atoms with Gasteiger partial charge in [0.05, 0.1) is 11.9 Å². The first kappa shape index (κ1) is 37.8. The van der Waals surface area contributed by atoms with E-state index >= 15 is 0 Å². The van der Waals surface area contributed by atoms with E-state index in [1.54, 1.807) is 6.92 Å². The van der Waals surface area contributed by atoms with Crippen molar-refractivity contribution in [3.63, 3.8) is 0 Å². The standard InChI is InChI=1S/C38H54N8O4Si2/c1-28(47)37-42-43-38(50-37)44-17-15-30(16-18-44)34-23-35(45(26-48-19-21-51(2,3)4)27-49-20-22-52(5,6)7)46-36(41-34)32(25-40-46)31-13-14-33(39-24-31)29-11-9-8-10-12-29/h8-14,23-25,28,30,47H,15-22,26-27H2,1-7H3. The molecule has 5 aromatic rings. The Bertz CT molecular complexity index is 1860. The first-order valence-electron chi connectivity index (χ1n) is 18.4. The number of piperidine rings is 1. The molecule has 14 heteroatoms. The highest BCUT2D eigenvalue weighted by molar-refractivity contribution is 6.76. The molecule has 1 N–H and O–H groups in total. The van der Waals surface area contributed by atoms with Crippen molar-refractivity contribution in [2.24, 2.45) is 0 Å². The summed E-state index contributed by atoms with van der Waals surface area (Å²) in [6.45, 7) is 19.5. The van der Waals surface area contributed by atoms with Gasteiger partial charge in [-0.3, -0.25) is 4.98 Å². The number of ether oxygens (including phenoxy) is 2. The lowest BCUT2D eigenvalue weighted by Gasteiger charge is -2.31. The van der Waals surface area contributed by atoms with Crippen LogP contribution in [0.25, 0.3) is 28.0 Å². The summed E-state index contributed by atoms with van der Waals surface area (Å²) >= 11 is 0. The van der Waals surface area contributed by atoms with Crippen molar-refractivity contribution < 1.29 is 19.0 Å². The molecule has 0 aliphatic carbocycles. The molecule has 0 spiro atoms. The number of fused-ring (bicyclic) bond motifs is 1. The molecule has 12 nitrogen and oxygen atoms in total. The summed E-state index contributed by atoms with van der Waals surface area (Å²) in [6.07, 6.45) is 4.71. The molecule has 1 aliphatic rings.